The van der Waals surface area contributed by atoms with Gasteiger partial charge in [-0.2, -0.15) is 13.2 Å². The first-order chi connectivity index (χ1) is 13.4. The smallest absolute Gasteiger partial charge is 0.416 e. The predicted octanol–water partition coefficient (Wildman–Crippen LogP) is 4.28. The number of nitrogens with zero attached hydrogens (tertiary/aromatic N) is 2. The number of halogens is 3. The maximum Gasteiger partial charge on any atom is 0.416 e. The van der Waals surface area contributed by atoms with Crippen LogP contribution in [0.1, 0.15) is 17.5 Å². The molecule has 1 fully saturated rings. The first-order valence-electron chi connectivity index (χ1n) is 8.20. The number of anilines is 2. The Morgan fingerprint density at radius 3 is 2.50 bits per heavy atom. The van der Waals surface area contributed by atoms with E-state index in [0.717, 1.165) is 12.1 Å². The SMILES string of the molecule is O=C1NC(c2nnc(-c3ccccc3Nc3ccc(C(F)(F)F)cc3)o2)CO1. The largest absolute Gasteiger partial charge is 0.447 e. The molecule has 2 N–H and O–H groups in total. The van der Waals surface area contributed by atoms with Crippen LogP contribution in [-0.4, -0.2) is 22.9 Å². The van der Waals surface area contributed by atoms with Gasteiger partial charge in [0, 0.05) is 5.69 Å². The monoisotopic (exact) mass is 390 g/mol. The Labute approximate surface area is 156 Å². The lowest BCUT2D eigenvalue weighted by atomic mass is 10.1. The van der Waals surface area contributed by atoms with Crippen molar-refractivity contribution >= 4 is 17.5 Å². The number of carbonyl (C=O) groups excluding carboxylic acids is 1. The van der Waals surface area contributed by atoms with Gasteiger partial charge in [0.1, 0.15) is 12.6 Å². The number of benzene rings is 2. The number of para-hydroxylation sites is 1. The number of amides is 1. The molecule has 4 rings (SSSR count). The van der Waals surface area contributed by atoms with Crippen LogP contribution in [-0.2, 0) is 10.9 Å². The van der Waals surface area contributed by atoms with Crippen LogP contribution < -0.4 is 10.6 Å². The molecule has 0 bridgehead atoms. The van der Waals surface area contributed by atoms with Crippen molar-refractivity contribution in [2.75, 3.05) is 11.9 Å². The van der Waals surface area contributed by atoms with E-state index in [4.69, 9.17) is 9.15 Å². The molecular weight excluding hydrogens is 377 g/mol. The number of ether oxygens (including phenoxy) is 1. The maximum atomic E-state index is 12.7. The van der Waals surface area contributed by atoms with E-state index in [-0.39, 0.29) is 18.4 Å². The molecular formula is C18H13F3N4O3. The van der Waals surface area contributed by atoms with Gasteiger partial charge in [0.2, 0.25) is 11.8 Å². The summed E-state index contributed by atoms with van der Waals surface area (Å²) in [5.74, 6) is 0.399. The molecule has 0 radical (unpaired) electrons. The molecule has 2 aromatic carbocycles. The Kier molecular flexibility index (Phi) is 4.38. The molecule has 0 aliphatic carbocycles. The van der Waals surface area contributed by atoms with Gasteiger partial charge in [-0.3, -0.25) is 0 Å². The standard InChI is InChI=1S/C18H13F3N4O3/c19-18(20,21)10-5-7-11(8-6-10)22-13-4-2-1-3-12(13)15-24-25-16(28-15)14-9-27-17(26)23-14/h1-8,14,22H,9H2,(H,23,26). The van der Waals surface area contributed by atoms with E-state index in [9.17, 15) is 18.0 Å². The average Bonchev–Trinajstić information content (AvgIpc) is 3.31. The van der Waals surface area contributed by atoms with Crippen molar-refractivity contribution in [3.05, 3.63) is 60.0 Å². The van der Waals surface area contributed by atoms with Crippen LogP contribution in [0.3, 0.4) is 0 Å². The normalized spacial score (nSPS) is 16.5. The molecule has 1 aliphatic heterocycles. The number of cyclic esters (lactones) is 1. The van der Waals surface area contributed by atoms with Gasteiger partial charge in [0.25, 0.3) is 0 Å². The first kappa shape index (κ1) is 17.8. The molecule has 3 aromatic rings. The average molecular weight is 390 g/mol. The van der Waals surface area contributed by atoms with Gasteiger partial charge in [-0.05, 0) is 36.4 Å². The summed E-state index contributed by atoms with van der Waals surface area (Å²) in [5, 5.41) is 13.5. The highest BCUT2D eigenvalue weighted by Crippen LogP contribution is 2.33. The Bertz CT molecular complexity index is 1000. The van der Waals surface area contributed by atoms with Gasteiger partial charge in [-0.15, -0.1) is 10.2 Å². The van der Waals surface area contributed by atoms with Crippen LogP contribution >= 0.6 is 0 Å². The Hall–Kier alpha value is -3.56. The van der Waals surface area contributed by atoms with Gasteiger partial charge in [0.05, 0.1) is 16.8 Å². The lowest BCUT2D eigenvalue weighted by molar-refractivity contribution is -0.137. The zero-order chi connectivity index (χ0) is 19.7. The highest BCUT2D eigenvalue weighted by Gasteiger charge is 2.30. The second-order valence-corrected chi connectivity index (χ2v) is 5.99. The van der Waals surface area contributed by atoms with Crippen molar-refractivity contribution in [2.45, 2.75) is 12.2 Å². The minimum atomic E-state index is -4.39. The van der Waals surface area contributed by atoms with Crippen molar-refractivity contribution < 1.29 is 27.1 Å². The number of nitrogens with one attached hydrogen (secondary N) is 2. The molecule has 2 heterocycles. The molecule has 0 saturated carbocycles. The fourth-order valence-corrected chi connectivity index (χ4v) is 2.68. The van der Waals surface area contributed by atoms with Crippen molar-refractivity contribution in [3.8, 4) is 11.5 Å². The number of aromatic nitrogens is 2. The molecule has 1 aromatic heterocycles. The van der Waals surface area contributed by atoms with E-state index in [1.54, 1.807) is 24.3 Å². The molecule has 1 aliphatic rings. The summed E-state index contributed by atoms with van der Waals surface area (Å²) in [6.07, 6.45) is -4.95. The predicted molar refractivity (Wildman–Crippen MR) is 91.7 cm³/mol. The quantitative estimate of drug-likeness (QED) is 0.691. The first-order valence-corrected chi connectivity index (χ1v) is 8.20. The summed E-state index contributed by atoms with van der Waals surface area (Å²) < 4.78 is 48.5. The van der Waals surface area contributed by atoms with Crippen molar-refractivity contribution in [1.29, 1.82) is 0 Å². The van der Waals surface area contributed by atoms with E-state index in [1.165, 1.54) is 12.1 Å². The molecule has 1 unspecified atom stereocenters. The van der Waals surface area contributed by atoms with Crippen LogP contribution in [0.15, 0.2) is 52.9 Å². The minimum absolute atomic E-state index is 0.0892. The lowest BCUT2D eigenvalue weighted by Gasteiger charge is -2.11. The molecule has 0 spiro atoms. The summed E-state index contributed by atoms with van der Waals surface area (Å²) in [5.41, 5.74) is 0.876. The highest BCUT2D eigenvalue weighted by molar-refractivity contribution is 5.76. The summed E-state index contributed by atoms with van der Waals surface area (Å²) >= 11 is 0. The van der Waals surface area contributed by atoms with Gasteiger partial charge >= 0.3 is 12.3 Å². The molecule has 7 nitrogen and oxygen atoms in total. The molecule has 10 heteroatoms. The summed E-state index contributed by atoms with van der Waals surface area (Å²) in [4.78, 5) is 11.1. The van der Waals surface area contributed by atoms with Gasteiger partial charge < -0.3 is 19.8 Å². The molecule has 1 saturated heterocycles. The second-order valence-electron chi connectivity index (χ2n) is 5.99. The Morgan fingerprint density at radius 2 is 1.82 bits per heavy atom. The van der Waals surface area contributed by atoms with Crippen LogP contribution in [0.25, 0.3) is 11.5 Å². The van der Waals surface area contributed by atoms with Crippen molar-refractivity contribution in [2.24, 2.45) is 0 Å². The van der Waals surface area contributed by atoms with Crippen LogP contribution in [0.2, 0.25) is 0 Å². The summed E-state index contributed by atoms with van der Waals surface area (Å²) in [7, 11) is 0. The zero-order valence-electron chi connectivity index (χ0n) is 14.2. The molecule has 1 amide bonds. The van der Waals surface area contributed by atoms with Crippen molar-refractivity contribution in [3.63, 3.8) is 0 Å². The fourth-order valence-electron chi connectivity index (χ4n) is 2.68. The number of carbonyl (C=O) groups is 1. The number of hydrogen-bond acceptors (Lipinski definition) is 6. The maximum absolute atomic E-state index is 12.7. The van der Waals surface area contributed by atoms with Gasteiger partial charge in [-0.1, -0.05) is 12.1 Å². The third-order valence-electron chi connectivity index (χ3n) is 4.06. The number of hydrogen-bond donors (Lipinski definition) is 2. The Morgan fingerprint density at radius 1 is 1.07 bits per heavy atom. The van der Waals surface area contributed by atoms with Crippen LogP contribution in [0.4, 0.5) is 29.3 Å². The van der Waals surface area contributed by atoms with E-state index >= 15 is 0 Å². The Balaban J connectivity index is 1.58. The lowest BCUT2D eigenvalue weighted by Crippen LogP contribution is -2.18. The number of rotatable bonds is 4. The minimum Gasteiger partial charge on any atom is -0.447 e. The zero-order valence-corrected chi connectivity index (χ0v) is 14.2. The molecule has 1 atom stereocenters. The third kappa shape index (κ3) is 3.61. The fraction of sp³-hybridized carbons (Fsp3) is 0.167. The third-order valence-corrected chi connectivity index (χ3v) is 4.06. The summed E-state index contributed by atoms with van der Waals surface area (Å²) in [6, 6.07) is 11.1. The van der Waals surface area contributed by atoms with E-state index in [1.807, 2.05) is 0 Å². The van der Waals surface area contributed by atoms with E-state index in [2.05, 4.69) is 20.8 Å². The van der Waals surface area contributed by atoms with Crippen LogP contribution in [0, 0.1) is 0 Å². The molecule has 28 heavy (non-hydrogen) atoms. The van der Waals surface area contributed by atoms with Gasteiger partial charge in [-0.25, -0.2) is 4.79 Å². The summed E-state index contributed by atoms with van der Waals surface area (Å²) in [6.45, 7) is 0.0892. The molecule has 144 valence electrons. The number of alkyl halides is 3. The van der Waals surface area contributed by atoms with E-state index in [0.29, 0.717) is 16.9 Å². The highest BCUT2D eigenvalue weighted by atomic mass is 19.4. The topological polar surface area (TPSA) is 89.3 Å². The van der Waals surface area contributed by atoms with Crippen molar-refractivity contribution in [1.82, 2.24) is 15.5 Å². The van der Waals surface area contributed by atoms with Gasteiger partial charge in [0.15, 0.2) is 0 Å². The van der Waals surface area contributed by atoms with E-state index < -0.39 is 23.9 Å². The number of alkyl carbamates (subject to hydrolysis) is 1. The van der Waals surface area contributed by atoms with Crippen LogP contribution in [0.5, 0.6) is 0 Å². The second kappa shape index (κ2) is 6.87.